The first-order valence-corrected chi connectivity index (χ1v) is 4.62. The molecule has 1 nitrogen and oxygen atoms in total. The Morgan fingerprint density at radius 3 is 2.18 bits per heavy atom. The van der Waals surface area contributed by atoms with Gasteiger partial charge in [0.25, 0.3) is 0 Å². The van der Waals surface area contributed by atoms with E-state index >= 15 is 0 Å². The van der Waals surface area contributed by atoms with Crippen molar-refractivity contribution in [1.82, 2.24) is 0 Å². The molecule has 0 aromatic rings. The van der Waals surface area contributed by atoms with Crippen LogP contribution < -0.4 is 5.73 Å². The van der Waals surface area contributed by atoms with E-state index in [0.717, 1.165) is 11.8 Å². The summed E-state index contributed by atoms with van der Waals surface area (Å²) in [5.41, 5.74) is 5.89. The molecule has 2 N–H and O–H groups in total. The van der Waals surface area contributed by atoms with Gasteiger partial charge in [0, 0.05) is 6.04 Å². The van der Waals surface area contributed by atoms with Crippen LogP contribution in [0.15, 0.2) is 0 Å². The van der Waals surface area contributed by atoms with Gasteiger partial charge >= 0.3 is 0 Å². The minimum absolute atomic E-state index is 0. The summed E-state index contributed by atoms with van der Waals surface area (Å²) < 4.78 is 0. The minimum atomic E-state index is 0. The monoisotopic (exact) mass is 175 g/mol. The number of hydrogen-bond donors (Lipinski definition) is 1. The highest BCUT2D eigenvalue weighted by Gasteiger charge is 2.33. The Bertz CT molecular complexity index is 123. The molecule has 2 rings (SSSR count). The predicted molar refractivity (Wildman–Crippen MR) is 49.9 cm³/mol. The molecule has 0 saturated heterocycles. The first kappa shape index (κ1) is 9.34. The third-order valence-electron chi connectivity index (χ3n) is 3.04. The highest BCUT2D eigenvalue weighted by Crippen LogP contribution is 2.43. The van der Waals surface area contributed by atoms with Gasteiger partial charge in [0.05, 0.1) is 0 Å². The highest BCUT2D eigenvalue weighted by atomic mass is 35.5. The molecule has 0 amide bonds. The average molecular weight is 176 g/mol. The Labute approximate surface area is 75.1 Å². The molecule has 66 valence electrons. The van der Waals surface area contributed by atoms with Crippen LogP contribution in [0.3, 0.4) is 0 Å². The van der Waals surface area contributed by atoms with Crippen molar-refractivity contribution in [2.45, 2.75) is 44.6 Å². The molecule has 0 aromatic carbocycles. The van der Waals surface area contributed by atoms with Crippen LogP contribution in [0.25, 0.3) is 0 Å². The fraction of sp³-hybridized carbons (Fsp3) is 1.00. The van der Waals surface area contributed by atoms with Crippen LogP contribution in [-0.4, -0.2) is 6.04 Å². The molecule has 0 radical (unpaired) electrons. The summed E-state index contributed by atoms with van der Waals surface area (Å²) in [5.74, 6) is 2.11. The highest BCUT2D eigenvalue weighted by molar-refractivity contribution is 5.85. The van der Waals surface area contributed by atoms with Gasteiger partial charge in [0.15, 0.2) is 0 Å². The summed E-state index contributed by atoms with van der Waals surface area (Å²) in [6.07, 6.45) is 8.46. The zero-order chi connectivity index (χ0) is 6.97. The summed E-state index contributed by atoms with van der Waals surface area (Å²) in [6, 6.07) is 0.541. The number of rotatable bonds is 1. The first-order chi connectivity index (χ1) is 4.86. The van der Waals surface area contributed by atoms with Gasteiger partial charge in [-0.2, -0.15) is 0 Å². The van der Waals surface area contributed by atoms with Gasteiger partial charge in [0.2, 0.25) is 0 Å². The van der Waals surface area contributed by atoms with E-state index in [2.05, 4.69) is 0 Å². The Morgan fingerprint density at radius 2 is 1.64 bits per heavy atom. The van der Waals surface area contributed by atoms with Crippen molar-refractivity contribution in [2.75, 3.05) is 0 Å². The van der Waals surface area contributed by atoms with Crippen molar-refractivity contribution in [3.8, 4) is 0 Å². The van der Waals surface area contributed by atoms with Gasteiger partial charge < -0.3 is 5.73 Å². The lowest BCUT2D eigenvalue weighted by Gasteiger charge is -2.26. The summed E-state index contributed by atoms with van der Waals surface area (Å²) in [6.45, 7) is 0. The van der Waals surface area contributed by atoms with E-state index in [0.29, 0.717) is 6.04 Å². The van der Waals surface area contributed by atoms with E-state index in [1.165, 1.54) is 38.5 Å². The van der Waals surface area contributed by atoms with Crippen LogP contribution in [-0.2, 0) is 0 Å². The molecule has 11 heavy (non-hydrogen) atoms. The quantitative estimate of drug-likeness (QED) is 0.651. The Balaban J connectivity index is 0.000000605. The number of halogens is 1. The third kappa shape index (κ3) is 2.34. The topological polar surface area (TPSA) is 26.0 Å². The van der Waals surface area contributed by atoms with E-state index in [1.54, 1.807) is 0 Å². The fourth-order valence-corrected chi connectivity index (χ4v) is 2.26. The van der Waals surface area contributed by atoms with Gasteiger partial charge in [-0.25, -0.2) is 0 Å². The van der Waals surface area contributed by atoms with Crippen molar-refractivity contribution < 1.29 is 0 Å². The van der Waals surface area contributed by atoms with E-state index in [4.69, 9.17) is 5.73 Å². The normalized spacial score (nSPS) is 37.9. The zero-order valence-electron chi connectivity index (χ0n) is 6.96. The lowest BCUT2D eigenvalue weighted by molar-refractivity contribution is 0.292. The van der Waals surface area contributed by atoms with E-state index in [-0.39, 0.29) is 12.4 Å². The van der Waals surface area contributed by atoms with Gasteiger partial charge in [-0.3, -0.25) is 0 Å². The van der Waals surface area contributed by atoms with Crippen LogP contribution in [0.1, 0.15) is 38.5 Å². The molecule has 0 unspecified atom stereocenters. The minimum Gasteiger partial charge on any atom is -0.328 e. The third-order valence-corrected chi connectivity index (χ3v) is 3.04. The van der Waals surface area contributed by atoms with E-state index in [1.807, 2.05) is 0 Å². The van der Waals surface area contributed by atoms with Gasteiger partial charge in [-0.05, 0) is 37.5 Å². The molecular formula is C9H18ClN. The van der Waals surface area contributed by atoms with E-state index in [9.17, 15) is 0 Å². The van der Waals surface area contributed by atoms with Gasteiger partial charge in [0.1, 0.15) is 0 Å². The van der Waals surface area contributed by atoms with Crippen molar-refractivity contribution in [3.63, 3.8) is 0 Å². The molecule has 2 heteroatoms. The average Bonchev–Trinajstić information content (AvgIpc) is 2.68. The smallest absolute Gasteiger partial charge is 0.00415 e. The molecule has 0 aromatic heterocycles. The van der Waals surface area contributed by atoms with Crippen molar-refractivity contribution >= 4 is 12.4 Å². The second-order valence-electron chi connectivity index (χ2n) is 4.02. The van der Waals surface area contributed by atoms with Crippen molar-refractivity contribution in [1.29, 1.82) is 0 Å². The fourth-order valence-electron chi connectivity index (χ4n) is 2.26. The van der Waals surface area contributed by atoms with Crippen LogP contribution in [0.5, 0.6) is 0 Å². The first-order valence-electron chi connectivity index (χ1n) is 4.62. The van der Waals surface area contributed by atoms with Crippen LogP contribution in [0.2, 0.25) is 0 Å². The van der Waals surface area contributed by atoms with Crippen LogP contribution >= 0.6 is 12.4 Å². The SMILES string of the molecule is Cl.N[C@@H]1CCC[C@H](C2CC2)C1. The molecule has 0 aliphatic heterocycles. The molecule has 2 aliphatic carbocycles. The summed E-state index contributed by atoms with van der Waals surface area (Å²) >= 11 is 0. The molecule has 2 atom stereocenters. The second kappa shape index (κ2) is 3.77. The molecule has 0 spiro atoms. The maximum Gasteiger partial charge on any atom is 0.00415 e. The number of nitrogens with two attached hydrogens (primary N) is 1. The molecule has 2 aliphatic rings. The lowest BCUT2D eigenvalue weighted by atomic mass is 9.83. The standard InChI is InChI=1S/C9H17N.ClH/c10-9-3-1-2-8(6-9)7-4-5-7;/h7-9H,1-6,10H2;1H/t8-,9+;/m0./s1. The number of hydrogen-bond acceptors (Lipinski definition) is 1. The summed E-state index contributed by atoms with van der Waals surface area (Å²) in [7, 11) is 0. The molecule has 0 heterocycles. The molecular weight excluding hydrogens is 158 g/mol. The maximum atomic E-state index is 5.89. The van der Waals surface area contributed by atoms with Crippen molar-refractivity contribution in [3.05, 3.63) is 0 Å². The van der Waals surface area contributed by atoms with Crippen molar-refractivity contribution in [2.24, 2.45) is 17.6 Å². The molecule has 2 fully saturated rings. The maximum absolute atomic E-state index is 5.89. The Morgan fingerprint density at radius 1 is 0.909 bits per heavy atom. The largest absolute Gasteiger partial charge is 0.328 e. The Kier molecular flexibility index (Phi) is 3.20. The zero-order valence-corrected chi connectivity index (χ0v) is 7.78. The van der Waals surface area contributed by atoms with Crippen LogP contribution in [0, 0.1) is 11.8 Å². The van der Waals surface area contributed by atoms with Gasteiger partial charge in [-0.15, -0.1) is 12.4 Å². The molecule has 0 bridgehead atoms. The predicted octanol–water partition coefficient (Wildman–Crippen LogP) is 2.34. The Hall–Kier alpha value is 0.250. The summed E-state index contributed by atoms with van der Waals surface area (Å²) in [4.78, 5) is 0. The van der Waals surface area contributed by atoms with E-state index < -0.39 is 0 Å². The summed E-state index contributed by atoms with van der Waals surface area (Å²) in [5, 5.41) is 0. The second-order valence-corrected chi connectivity index (χ2v) is 4.02. The van der Waals surface area contributed by atoms with Crippen LogP contribution in [0.4, 0.5) is 0 Å². The lowest BCUT2D eigenvalue weighted by Crippen LogP contribution is -2.28. The van der Waals surface area contributed by atoms with Gasteiger partial charge in [-0.1, -0.05) is 12.8 Å². The molecule has 2 saturated carbocycles.